The molecule has 0 aliphatic heterocycles. The SMILES string of the molecule is CC/C(=C\C(OC)=C(/COC)OC)C(=O)NNc1c2c(nc3ccccc13)CCCC2. The van der Waals surface area contributed by atoms with Crippen molar-refractivity contribution in [3.63, 3.8) is 0 Å². The number of rotatable bonds is 9. The Hall–Kier alpha value is -3.06. The summed E-state index contributed by atoms with van der Waals surface area (Å²) >= 11 is 0. The van der Waals surface area contributed by atoms with Gasteiger partial charge in [0.1, 0.15) is 6.61 Å². The molecular formula is C24H31N3O4. The van der Waals surface area contributed by atoms with E-state index in [1.165, 1.54) is 5.56 Å². The van der Waals surface area contributed by atoms with Gasteiger partial charge in [-0.3, -0.25) is 20.6 Å². The molecule has 0 saturated heterocycles. The van der Waals surface area contributed by atoms with E-state index in [2.05, 4.69) is 10.9 Å². The van der Waals surface area contributed by atoms with E-state index in [1.807, 2.05) is 31.2 Å². The number of ether oxygens (including phenoxy) is 3. The molecule has 2 aromatic rings. The van der Waals surface area contributed by atoms with E-state index in [0.29, 0.717) is 23.5 Å². The normalized spacial score (nSPS) is 14.5. The number of allylic oxidation sites excluding steroid dienone is 1. The molecule has 1 heterocycles. The molecule has 1 amide bonds. The van der Waals surface area contributed by atoms with E-state index in [-0.39, 0.29) is 12.5 Å². The summed E-state index contributed by atoms with van der Waals surface area (Å²) in [6, 6.07) is 8.01. The molecule has 7 heteroatoms. The molecule has 3 rings (SSSR count). The second-order valence-corrected chi connectivity index (χ2v) is 7.37. The fraction of sp³-hybridized carbons (Fsp3) is 0.417. The number of carbonyl (C=O) groups excluding carboxylic acids is 1. The molecule has 7 nitrogen and oxygen atoms in total. The van der Waals surface area contributed by atoms with Crippen molar-refractivity contribution in [3.8, 4) is 0 Å². The van der Waals surface area contributed by atoms with Crippen LogP contribution in [0.25, 0.3) is 10.9 Å². The Kier molecular flexibility index (Phi) is 7.89. The Bertz CT molecular complexity index is 998. The lowest BCUT2D eigenvalue weighted by Crippen LogP contribution is -2.31. The molecule has 166 valence electrons. The van der Waals surface area contributed by atoms with E-state index in [4.69, 9.17) is 19.2 Å². The maximum Gasteiger partial charge on any atom is 0.265 e. The molecule has 0 saturated carbocycles. The number of aromatic nitrogens is 1. The quantitative estimate of drug-likeness (QED) is 0.273. The molecule has 1 aliphatic rings. The summed E-state index contributed by atoms with van der Waals surface area (Å²) in [5, 5.41) is 1.00. The lowest BCUT2D eigenvalue weighted by Gasteiger charge is -2.22. The van der Waals surface area contributed by atoms with Gasteiger partial charge >= 0.3 is 0 Å². The molecule has 2 N–H and O–H groups in total. The number of hydrogen-bond acceptors (Lipinski definition) is 6. The van der Waals surface area contributed by atoms with Crippen molar-refractivity contribution in [2.45, 2.75) is 39.0 Å². The molecule has 1 aromatic carbocycles. The van der Waals surface area contributed by atoms with Gasteiger partial charge in [-0.15, -0.1) is 0 Å². The van der Waals surface area contributed by atoms with Crippen LogP contribution in [0, 0.1) is 0 Å². The van der Waals surface area contributed by atoms with Gasteiger partial charge in [0.2, 0.25) is 0 Å². The van der Waals surface area contributed by atoms with Gasteiger partial charge in [-0.25, -0.2) is 0 Å². The van der Waals surface area contributed by atoms with Crippen molar-refractivity contribution in [2.24, 2.45) is 0 Å². The molecule has 0 fully saturated rings. The summed E-state index contributed by atoms with van der Waals surface area (Å²) in [7, 11) is 4.67. The van der Waals surface area contributed by atoms with Gasteiger partial charge in [0.25, 0.3) is 5.91 Å². The Balaban J connectivity index is 1.88. The van der Waals surface area contributed by atoms with Crippen LogP contribution in [0.15, 0.2) is 47.4 Å². The van der Waals surface area contributed by atoms with Crippen LogP contribution in [0.1, 0.15) is 37.4 Å². The smallest absolute Gasteiger partial charge is 0.265 e. The molecule has 0 unspecified atom stereocenters. The molecular weight excluding hydrogens is 394 g/mol. The number of hydrogen-bond donors (Lipinski definition) is 2. The van der Waals surface area contributed by atoms with Crippen molar-refractivity contribution in [1.82, 2.24) is 10.4 Å². The zero-order chi connectivity index (χ0) is 22.2. The van der Waals surface area contributed by atoms with Gasteiger partial charge < -0.3 is 14.2 Å². The van der Waals surface area contributed by atoms with Crippen LogP contribution in [0.3, 0.4) is 0 Å². The highest BCUT2D eigenvalue weighted by atomic mass is 16.5. The Labute approximate surface area is 183 Å². The van der Waals surface area contributed by atoms with E-state index in [1.54, 1.807) is 27.4 Å². The number of amides is 1. The standard InChI is InChI=1S/C24H31N3O4/c1-5-16(14-21(30-3)22(31-4)15-29-2)24(28)27-26-23-17-10-6-8-12-19(17)25-20-13-9-7-11-18(20)23/h6,8,10,12,14H,5,7,9,11,13,15H2,1-4H3,(H,25,26)(H,27,28)/b16-14+,22-21-. The van der Waals surface area contributed by atoms with Gasteiger partial charge in [0.15, 0.2) is 11.5 Å². The van der Waals surface area contributed by atoms with Crippen LogP contribution < -0.4 is 10.9 Å². The number of carbonyl (C=O) groups is 1. The fourth-order valence-corrected chi connectivity index (χ4v) is 3.82. The minimum atomic E-state index is -0.227. The van der Waals surface area contributed by atoms with E-state index in [0.717, 1.165) is 48.0 Å². The lowest BCUT2D eigenvalue weighted by molar-refractivity contribution is -0.117. The summed E-state index contributed by atoms with van der Waals surface area (Å²) < 4.78 is 15.9. The number of methoxy groups -OCH3 is 3. The van der Waals surface area contributed by atoms with Crippen LogP contribution in [-0.4, -0.2) is 38.8 Å². The van der Waals surface area contributed by atoms with Gasteiger partial charge in [-0.05, 0) is 49.8 Å². The number of nitrogens with zero attached hydrogens (tertiary/aromatic N) is 1. The molecule has 0 spiro atoms. The molecule has 1 aliphatic carbocycles. The first-order valence-corrected chi connectivity index (χ1v) is 10.6. The van der Waals surface area contributed by atoms with Crippen molar-refractivity contribution < 1.29 is 19.0 Å². The van der Waals surface area contributed by atoms with E-state index >= 15 is 0 Å². The number of pyridine rings is 1. The van der Waals surface area contributed by atoms with Crippen LogP contribution in [0.2, 0.25) is 0 Å². The molecule has 1 aromatic heterocycles. The minimum absolute atomic E-state index is 0.227. The van der Waals surface area contributed by atoms with Crippen LogP contribution in [-0.2, 0) is 31.8 Å². The highest BCUT2D eigenvalue weighted by Gasteiger charge is 2.19. The lowest BCUT2D eigenvalue weighted by atomic mass is 9.93. The zero-order valence-electron chi connectivity index (χ0n) is 18.7. The topological polar surface area (TPSA) is 81.7 Å². The second-order valence-electron chi connectivity index (χ2n) is 7.37. The van der Waals surface area contributed by atoms with Crippen molar-refractivity contribution in [1.29, 1.82) is 0 Å². The molecule has 0 bridgehead atoms. The maximum absolute atomic E-state index is 13.0. The average molecular weight is 426 g/mol. The van der Waals surface area contributed by atoms with Gasteiger partial charge in [-0.2, -0.15) is 0 Å². The predicted octanol–water partition coefficient (Wildman–Crippen LogP) is 4.04. The Morgan fingerprint density at radius 3 is 2.61 bits per heavy atom. The third-order valence-corrected chi connectivity index (χ3v) is 5.46. The van der Waals surface area contributed by atoms with Crippen LogP contribution >= 0.6 is 0 Å². The fourth-order valence-electron chi connectivity index (χ4n) is 3.82. The average Bonchev–Trinajstić information content (AvgIpc) is 2.81. The van der Waals surface area contributed by atoms with Gasteiger partial charge in [0.05, 0.1) is 25.4 Å². The first kappa shape index (κ1) is 22.6. The number of fused-ring (bicyclic) bond motifs is 2. The third kappa shape index (κ3) is 5.17. The number of aryl methyl sites for hydroxylation is 1. The first-order chi connectivity index (χ1) is 15.1. The zero-order valence-corrected chi connectivity index (χ0v) is 18.7. The highest BCUT2D eigenvalue weighted by molar-refractivity contribution is 5.97. The predicted molar refractivity (Wildman–Crippen MR) is 121 cm³/mol. The van der Waals surface area contributed by atoms with Gasteiger partial charge in [-0.1, -0.05) is 25.1 Å². The first-order valence-electron chi connectivity index (χ1n) is 10.6. The monoisotopic (exact) mass is 425 g/mol. The van der Waals surface area contributed by atoms with E-state index in [9.17, 15) is 4.79 Å². The van der Waals surface area contributed by atoms with Crippen molar-refractivity contribution in [2.75, 3.05) is 33.4 Å². The van der Waals surface area contributed by atoms with Crippen molar-refractivity contribution >= 4 is 22.5 Å². The molecule has 31 heavy (non-hydrogen) atoms. The van der Waals surface area contributed by atoms with Crippen LogP contribution in [0.5, 0.6) is 0 Å². The number of para-hydroxylation sites is 1. The molecule has 0 atom stereocenters. The summed E-state index contributed by atoms with van der Waals surface area (Å²) in [5.74, 6) is 0.754. The Morgan fingerprint density at radius 2 is 1.90 bits per heavy atom. The number of hydrazine groups is 1. The number of anilines is 1. The second kappa shape index (κ2) is 10.8. The highest BCUT2D eigenvalue weighted by Crippen LogP contribution is 2.32. The minimum Gasteiger partial charge on any atom is -0.495 e. The third-order valence-electron chi connectivity index (χ3n) is 5.46. The van der Waals surface area contributed by atoms with Crippen LogP contribution in [0.4, 0.5) is 5.69 Å². The molecule has 0 radical (unpaired) electrons. The summed E-state index contributed by atoms with van der Waals surface area (Å²) in [5.41, 5.74) is 10.8. The van der Waals surface area contributed by atoms with Gasteiger partial charge in [0, 0.05) is 23.8 Å². The summed E-state index contributed by atoms with van der Waals surface area (Å²) in [4.78, 5) is 17.8. The number of nitrogens with one attached hydrogen (secondary N) is 2. The summed E-state index contributed by atoms with van der Waals surface area (Å²) in [6.45, 7) is 2.17. The maximum atomic E-state index is 13.0. The number of benzene rings is 1. The van der Waals surface area contributed by atoms with Crippen molar-refractivity contribution in [3.05, 3.63) is 58.7 Å². The van der Waals surface area contributed by atoms with E-state index < -0.39 is 0 Å². The Morgan fingerprint density at radius 1 is 1.13 bits per heavy atom. The summed E-state index contributed by atoms with van der Waals surface area (Å²) in [6.07, 6.45) is 6.39. The largest absolute Gasteiger partial charge is 0.495 e.